The summed E-state index contributed by atoms with van der Waals surface area (Å²) in [5.41, 5.74) is 7.18. The van der Waals surface area contributed by atoms with Gasteiger partial charge in [-0.15, -0.1) is 0 Å². The number of hydrogen-bond donors (Lipinski definition) is 2. The van der Waals surface area contributed by atoms with Crippen molar-refractivity contribution in [1.29, 1.82) is 0 Å². The van der Waals surface area contributed by atoms with Crippen molar-refractivity contribution in [2.45, 2.75) is 45.8 Å². The Morgan fingerprint density at radius 1 is 1.48 bits per heavy atom. The molecule has 0 aromatic heterocycles. The van der Waals surface area contributed by atoms with Gasteiger partial charge in [0.1, 0.15) is 5.60 Å². The van der Waals surface area contributed by atoms with Crippen LogP contribution in [0.25, 0.3) is 0 Å². The summed E-state index contributed by atoms with van der Waals surface area (Å²) in [4.78, 5) is 13.9. The van der Waals surface area contributed by atoms with Crippen LogP contribution in [0.5, 0.6) is 0 Å². The number of allylic oxidation sites excluding steroid dienone is 3. The van der Waals surface area contributed by atoms with Gasteiger partial charge in [-0.05, 0) is 40.2 Å². The lowest BCUT2D eigenvalue weighted by Gasteiger charge is -2.24. The van der Waals surface area contributed by atoms with Crippen LogP contribution in [0.2, 0.25) is 0 Å². The van der Waals surface area contributed by atoms with Crippen LogP contribution in [0.3, 0.4) is 0 Å². The van der Waals surface area contributed by atoms with Crippen molar-refractivity contribution in [2.24, 2.45) is 5.73 Å². The summed E-state index contributed by atoms with van der Waals surface area (Å²) >= 11 is 0. The van der Waals surface area contributed by atoms with Crippen molar-refractivity contribution >= 4 is 6.09 Å². The summed E-state index contributed by atoms with van der Waals surface area (Å²) in [6, 6.07) is 0.0673. The van der Waals surface area contributed by atoms with E-state index >= 15 is 0 Å². The van der Waals surface area contributed by atoms with Crippen LogP contribution in [0, 0.1) is 0 Å². The first kappa shape index (κ1) is 17.1. The molecule has 1 rings (SSSR count). The highest BCUT2D eigenvalue weighted by Gasteiger charge is 2.27. The number of ether oxygens (including phenoxy) is 1. The Kier molecular flexibility index (Phi) is 5.88. The lowest BCUT2D eigenvalue weighted by atomic mass is 10.2. The normalized spacial score (nSPS) is 20.4. The fourth-order valence-electron chi connectivity index (χ4n) is 2.21. The van der Waals surface area contributed by atoms with Crippen molar-refractivity contribution in [2.75, 3.05) is 13.1 Å². The van der Waals surface area contributed by atoms with Crippen molar-refractivity contribution in [3.05, 3.63) is 36.2 Å². The van der Waals surface area contributed by atoms with Gasteiger partial charge in [0, 0.05) is 13.1 Å². The number of nitrogens with zero attached hydrogens (tertiary/aromatic N) is 1. The topological polar surface area (TPSA) is 67.6 Å². The molecule has 1 saturated heterocycles. The minimum atomic E-state index is -0.481. The first-order valence-electron chi connectivity index (χ1n) is 7.26. The maximum absolute atomic E-state index is 11.8. The molecular formula is C16H27N3O2. The van der Waals surface area contributed by atoms with Gasteiger partial charge in [-0.2, -0.15) is 0 Å². The molecule has 1 atom stereocenters. The van der Waals surface area contributed by atoms with E-state index in [1.807, 2.05) is 39.8 Å². The van der Waals surface area contributed by atoms with Crippen LogP contribution in [-0.2, 0) is 4.74 Å². The molecule has 3 N–H and O–H groups in total. The molecule has 21 heavy (non-hydrogen) atoms. The van der Waals surface area contributed by atoms with Gasteiger partial charge in [0.05, 0.1) is 17.4 Å². The second-order valence-electron chi connectivity index (χ2n) is 6.11. The van der Waals surface area contributed by atoms with E-state index in [4.69, 9.17) is 10.5 Å². The van der Waals surface area contributed by atoms with E-state index in [1.165, 1.54) is 0 Å². The molecule has 1 heterocycles. The second-order valence-corrected chi connectivity index (χ2v) is 6.11. The maximum atomic E-state index is 11.8. The fraction of sp³-hybridized carbons (Fsp3) is 0.562. The Bertz CT molecular complexity index is 447. The Labute approximate surface area is 127 Å². The predicted octanol–water partition coefficient (Wildman–Crippen LogP) is 2.52. The number of hydrogen-bond acceptors (Lipinski definition) is 4. The zero-order valence-electron chi connectivity index (χ0n) is 13.5. The number of nitrogens with one attached hydrogen (secondary N) is 1. The van der Waals surface area contributed by atoms with E-state index in [0.29, 0.717) is 12.2 Å². The Hall–Kier alpha value is -1.91. The van der Waals surface area contributed by atoms with Crippen LogP contribution in [0.1, 0.15) is 34.1 Å². The standard InChI is InChI=1S/C16H27N3O2/c1-6-8-14(13(17)7-2)19-10-9-12(11-19)18-15(20)21-16(3,4)5/h6-8,12H,1,9-11,17H2,2-5H3,(H,18,20)/b13-7+,14-8+/t12-/m0/s1. The highest BCUT2D eigenvalue weighted by molar-refractivity contribution is 5.68. The van der Waals surface area contributed by atoms with E-state index in [1.54, 1.807) is 6.08 Å². The summed E-state index contributed by atoms with van der Waals surface area (Å²) in [6.45, 7) is 12.7. The molecule has 0 bridgehead atoms. The number of nitrogens with two attached hydrogens (primary N) is 1. The lowest BCUT2D eigenvalue weighted by Crippen LogP contribution is -2.40. The minimum Gasteiger partial charge on any atom is -0.444 e. The third kappa shape index (κ3) is 5.53. The maximum Gasteiger partial charge on any atom is 0.407 e. The molecule has 0 aromatic rings. The summed E-state index contributed by atoms with van der Waals surface area (Å²) in [6.07, 6.45) is 5.97. The van der Waals surface area contributed by atoms with Crippen molar-refractivity contribution in [3.8, 4) is 0 Å². The zero-order valence-corrected chi connectivity index (χ0v) is 13.5. The van der Waals surface area contributed by atoms with Gasteiger partial charge in [0.25, 0.3) is 0 Å². The highest BCUT2D eigenvalue weighted by Crippen LogP contribution is 2.19. The largest absolute Gasteiger partial charge is 0.444 e. The molecule has 1 aliphatic rings. The van der Waals surface area contributed by atoms with Crippen LogP contribution >= 0.6 is 0 Å². The average Bonchev–Trinajstić information content (AvgIpc) is 2.80. The van der Waals surface area contributed by atoms with E-state index in [2.05, 4.69) is 16.8 Å². The molecule has 0 unspecified atom stereocenters. The van der Waals surface area contributed by atoms with Gasteiger partial charge < -0.3 is 20.7 Å². The molecule has 1 aliphatic heterocycles. The highest BCUT2D eigenvalue weighted by atomic mass is 16.6. The van der Waals surface area contributed by atoms with E-state index in [-0.39, 0.29) is 12.1 Å². The molecule has 0 spiro atoms. The van der Waals surface area contributed by atoms with Crippen molar-refractivity contribution in [3.63, 3.8) is 0 Å². The lowest BCUT2D eigenvalue weighted by molar-refractivity contribution is 0.0506. The molecule has 0 saturated carbocycles. The summed E-state index contributed by atoms with van der Waals surface area (Å²) < 4.78 is 5.28. The van der Waals surface area contributed by atoms with Gasteiger partial charge in [-0.1, -0.05) is 18.7 Å². The number of carbonyl (C=O) groups excluding carboxylic acids is 1. The van der Waals surface area contributed by atoms with Crippen LogP contribution in [0.4, 0.5) is 4.79 Å². The number of amides is 1. The van der Waals surface area contributed by atoms with Gasteiger partial charge in [0.15, 0.2) is 0 Å². The molecule has 0 aliphatic carbocycles. The molecule has 5 heteroatoms. The fourth-order valence-corrected chi connectivity index (χ4v) is 2.21. The van der Waals surface area contributed by atoms with Crippen molar-refractivity contribution < 1.29 is 9.53 Å². The molecule has 0 aromatic carbocycles. The van der Waals surface area contributed by atoms with Crippen LogP contribution < -0.4 is 11.1 Å². The van der Waals surface area contributed by atoms with Crippen LogP contribution in [-0.4, -0.2) is 35.7 Å². The number of carbonyl (C=O) groups is 1. The first-order valence-corrected chi connectivity index (χ1v) is 7.26. The zero-order chi connectivity index (χ0) is 16.0. The third-order valence-corrected chi connectivity index (χ3v) is 3.13. The molecule has 118 valence electrons. The van der Waals surface area contributed by atoms with E-state index < -0.39 is 5.60 Å². The van der Waals surface area contributed by atoms with Crippen LogP contribution in [0.15, 0.2) is 36.2 Å². The third-order valence-electron chi connectivity index (χ3n) is 3.13. The Morgan fingerprint density at radius 2 is 2.14 bits per heavy atom. The summed E-state index contributed by atoms with van der Waals surface area (Å²) in [7, 11) is 0. The quantitative estimate of drug-likeness (QED) is 0.782. The Balaban J connectivity index is 2.61. The summed E-state index contributed by atoms with van der Waals surface area (Å²) in [5.74, 6) is 0. The Morgan fingerprint density at radius 3 is 2.67 bits per heavy atom. The average molecular weight is 293 g/mol. The molecular weight excluding hydrogens is 266 g/mol. The summed E-state index contributed by atoms with van der Waals surface area (Å²) in [5, 5.41) is 2.90. The van der Waals surface area contributed by atoms with Gasteiger partial charge in [0.2, 0.25) is 0 Å². The van der Waals surface area contributed by atoms with Crippen molar-refractivity contribution in [1.82, 2.24) is 10.2 Å². The number of alkyl carbamates (subject to hydrolysis) is 1. The molecule has 5 nitrogen and oxygen atoms in total. The predicted molar refractivity (Wildman–Crippen MR) is 85.6 cm³/mol. The van der Waals surface area contributed by atoms with E-state index in [9.17, 15) is 4.79 Å². The molecule has 1 amide bonds. The minimum absolute atomic E-state index is 0.0673. The molecule has 1 fully saturated rings. The second kappa shape index (κ2) is 7.20. The first-order chi connectivity index (χ1) is 9.76. The van der Waals surface area contributed by atoms with Gasteiger partial charge in [-0.3, -0.25) is 0 Å². The smallest absolute Gasteiger partial charge is 0.407 e. The number of rotatable bonds is 4. The monoisotopic (exact) mass is 293 g/mol. The van der Waals surface area contributed by atoms with E-state index in [0.717, 1.165) is 18.7 Å². The van der Waals surface area contributed by atoms with Gasteiger partial charge >= 0.3 is 6.09 Å². The number of likely N-dealkylation sites (tertiary alicyclic amines) is 1. The molecule has 0 radical (unpaired) electrons. The van der Waals surface area contributed by atoms with Gasteiger partial charge in [-0.25, -0.2) is 4.79 Å². The SMILES string of the molecule is C=C/C=C(\C(N)=C/C)N1CC[C@H](NC(=O)OC(C)(C)C)C1.